The highest BCUT2D eigenvalue weighted by atomic mass is 32.2. The molecule has 0 bridgehead atoms. The van der Waals surface area contributed by atoms with E-state index in [0.29, 0.717) is 0 Å². The van der Waals surface area contributed by atoms with Crippen molar-refractivity contribution in [3.05, 3.63) is 59.9 Å². The number of amides is 2. The van der Waals surface area contributed by atoms with E-state index in [0.717, 1.165) is 36.5 Å². The molecule has 0 radical (unpaired) electrons. The SMILES string of the molecule is NC(=O)c1ccc(NC(=O)c2c(Oc3ccc(OC(F)(F)F)cc3OC(S)(S)S)ccc3c2OC(F)(F)O3)cn1. The Bertz CT molecular complexity index is 1470. The molecule has 18 heteroatoms. The Kier molecular flexibility index (Phi) is 7.79. The summed E-state index contributed by atoms with van der Waals surface area (Å²) in [5.74, 6) is -5.04. The molecule has 0 spiro atoms. The maximum atomic E-state index is 13.9. The number of anilines is 1. The molecule has 3 aromatic rings. The lowest BCUT2D eigenvalue weighted by Gasteiger charge is -2.22. The molecule has 1 aromatic heterocycles. The van der Waals surface area contributed by atoms with Gasteiger partial charge < -0.3 is 34.7 Å². The molecule has 1 aliphatic heterocycles. The predicted octanol–water partition coefficient (Wildman–Crippen LogP) is 5.22. The average molecular weight is 624 g/mol. The van der Waals surface area contributed by atoms with Crippen LogP contribution >= 0.6 is 37.9 Å². The van der Waals surface area contributed by atoms with Crippen molar-refractivity contribution in [1.29, 1.82) is 0 Å². The van der Waals surface area contributed by atoms with Gasteiger partial charge in [0.2, 0.25) is 3.60 Å². The van der Waals surface area contributed by atoms with Crippen molar-refractivity contribution >= 4 is 55.4 Å². The fourth-order valence-corrected chi connectivity index (χ4v) is 3.51. The van der Waals surface area contributed by atoms with Crippen LogP contribution in [0.5, 0.6) is 34.5 Å². The number of nitrogens with one attached hydrogen (secondary N) is 1. The van der Waals surface area contributed by atoms with E-state index in [9.17, 15) is 31.5 Å². The number of fused-ring (bicyclic) bond motifs is 1. The highest BCUT2D eigenvalue weighted by Crippen LogP contribution is 2.49. The van der Waals surface area contributed by atoms with Gasteiger partial charge in [-0.05, 0) is 36.4 Å². The number of carbonyl (C=O) groups excluding carboxylic acids is 2. The van der Waals surface area contributed by atoms with Crippen LogP contribution in [0.3, 0.4) is 0 Å². The summed E-state index contributed by atoms with van der Waals surface area (Å²) in [6.45, 7) is 0. The molecule has 10 nitrogen and oxygen atoms in total. The molecule has 2 heterocycles. The molecule has 2 aromatic carbocycles. The number of hydrogen-bond acceptors (Lipinski definition) is 11. The van der Waals surface area contributed by atoms with E-state index in [2.05, 4.69) is 62.4 Å². The summed E-state index contributed by atoms with van der Waals surface area (Å²) in [4.78, 5) is 28.2. The Balaban J connectivity index is 1.74. The maximum Gasteiger partial charge on any atom is 0.586 e. The summed E-state index contributed by atoms with van der Waals surface area (Å²) in [7, 11) is 0. The lowest BCUT2D eigenvalue weighted by molar-refractivity contribution is -0.286. The number of benzene rings is 2. The Morgan fingerprint density at radius 1 is 0.950 bits per heavy atom. The van der Waals surface area contributed by atoms with Gasteiger partial charge in [-0.25, -0.2) is 4.98 Å². The Hall–Kier alpha value is -3.77. The molecule has 4 rings (SSSR count). The molecule has 40 heavy (non-hydrogen) atoms. The standard InChI is InChI=1S/C22H14F5N3O7S3/c23-20(24,25)34-10-2-4-12(15(7-10)36-22(38,39)40)33-13-5-6-14-17(37-21(26,27)35-14)16(13)19(32)30-9-1-3-11(18(28)31)29-8-9/h1-8,38-40H,(H2,28,31)(H,30,32). The van der Waals surface area contributed by atoms with Crippen molar-refractivity contribution in [2.45, 2.75) is 16.3 Å². The second kappa shape index (κ2) is 10.7. The number of alkyl halides is 5. The van der Waals surface area contributed by atoms with Crippen LogP contribution in [0.25, 0.3) is 0 Å². The second-order valence-electron chi connectivity index (χ2n) is 7.62. The summed E-state index contributed by atoms with van der Waals surface area (Å²) in [5, 5.41) is 2.37. The maximum absolute atomic E-state index is 13.9. The number of halogens is 5. The highest BCUT2D eigenvalue weighted by molar-refractivity contribution is 8.16. The van der Waals surface area contributed by atoms with E-state index < -0.39 is 62.4 Å². The topological polar surface area (TPSA) is 131 Å². The van der Waals surface area contributed by atoms with Crippen molar-refractivity contribution in [2.75, 3.05) is 5.32 Å². The van der Waals surface area contributed by atoms with E-state index in [4.69, 9.17) is 15.2 Å². The molecule has 0 saturated carbocycles. The molecular weight excluding hydrogens is 609 g/mol. The molecule has 0 aliphatic carbocycles. The van der Waals surface area contributed by atoms with Crippen LogP contribution in [0.15, 0.2) is 48.7 Å². The smallest absolute Gasteiger partial charge is 0.455 e. The van der Waals surface area contributed by atoms with Gasteiger partial charge in [0.05, 0.1) is 11.9 Å². The number of thiol groups is 3. The van der Waals surface area contributed by atoms with E-state index in [1.54, 1.807) is 0 Å². The molecular formula is C22H14F5N3O7S3. The van der Waals surface area contributed by atoms with Crippen molar-refractivity contribution in [3.63, 3.8) is 0 Å². The lowest BCUT2D eigenvalue weighted by Crippen LogP contribution is -2.26. The molecule has 0 fully saturated rings. The summed E-state index contributed by atoms with van der Waals surface area (Å²) >= 11 is 11.8. The van der Waals surface area contributed by atoms with Crippen LogP contribution in [-0.4, -0.2) is 33.1 Å². The van der Waals surface area contributed by atoms with Crippen LogP contribution in [0.4, 0.5) is 27.6 Å². The number of pyridine rings is 1. The van der Waals surface area contributed by atoms with E-state index in [-0.39, 0.29) is 17.1 Å². The first-order valence-corrected chi connectivity index (χ1v) is 11.8. The number of hydrogen-bond donors (Lipinski definition) is 5. The average Bonchev–Trinajstić information content (AvgIpc) is 3.12. The Morgan fingerprint density at radius 2 is 1.65 bits per heavy atom. The van der Waals surface area contributed by atoms with Gasteiger partial charge in [-0.2, -0.15) is 0 Å². The van der Waals surface area contributed by atoms with Crippen molar-refractivity contribution in [3.8, 4) is 34.5 Å². The summed E-state index contributed by atoms with van der Waals surface area (Å²) in [6, 6.07) is 7.14. The van der Waals surface area contributed by atoms with Gasteiger partial charge in [0.15, 0.2) is 23.0 Å². The van der Waals surface area contributed by atoms with Crippen LogP contribution in [0, 0.1) is 0 Å². The first kappa shape index (κ1) is 29.2. The normalized spacial score (nSPS) is 13.9. The molecule has 0 unspecified atom stereocenters. The Labute approximate surface area is 237 Å². The summed E-state index contributed by atoms with van der Waals surface area (Å²) < 4.78 is 87.9. The van der Waals surface area contributed by atoms with Crippen LogP contribution in [0.1, 0.15) is 20.8 Å². The molecule has 0 saturated heterocycles. The first-order valence-electron chi connectivity index (χ1n) is 10.4. The number of primary amides is 1. The van der Waals surface area contributed by atoms with Gasteiger partial charge in [-0.1, -0.05) is 0 Å². The number of ether oxygens (including phenoxy) is 5. The highest BCUT2D eigenvalue weighted by Gasteiger charge is 2.46. The fraction of sp³-hybridized carbons (Fsp3) is 0.136. The van der Waals surface area contributed by atoms with Crippen molar-refractivity contribution in [2.24, 2.45) is 5.73 Å². The van der Waals surface area contributed by atoms with E-state index >= 15 is 0 Å². The third kappa shape index (κ3) is 7.24. The number of nitrogens with zero attached hydrogens (tertiary/aromatic N) is 1. The minimum absolute atomic E-state index is 0.0203. The third-order valence-corrected chi connectivity index (χ3v) is 4.92. The summed E-state index contributed by atoms with van der Waals surface area (Å²) in [6.07, 6.45) is -8.10. The zero-order chi connectivity index (χ0) is 29.5. The van der Waals surface area contributed by atoms with Gasteiger partial charge in [-0.15, -0.1) is 59.8 Å². The first-order chi connectivity index (χ1) is 18.5. The minimum Gasteiger partial charge on any atom is -0.455 e. The monoisotopic (exact) mass is 623 g/mol. The largest absolute Gasteiger partial charge is 0.586 e. The molecule has 212 valence electrons. The number of rotatable bonds is 8. The minimum atomic E-state index is -5.04. The number of carbonyl (C=O) groups is 2. The van der Waals surface area contributed by atoms with Crippen molar-refractivity contribution in [1.82, 2.24) is 4.98 Å². The van der Waals surface area contributed by atoms with E-state index in [1.807, 2.05) is 0 Å². The van der Waals surface area contributed by atoms with Gasteiger partial charge in [0, 0.05) is 6.07 Å². The molecule has 3 N–H and O–H groups in total. The molecule has 1 aliphatic rings. The van der Waals surface area contributed by atoms with Crippen LogP contribution in [-0.2, 0) is 0 Å². The number of nitrogens with two attached hydrogens (primary N) is 1. The van der Waals surface area contributed by atoms with Gasteiger partial charge in [-0.3, -0.25) is 9.59 Å². The van der Waals surface area contributed by atoms with Gasteiger partial charge >= 0.3 is 12.7 Å². The predicted molar refractivity (Wildman–Crippen MR) is 137 cm³/mol. The van der Waals surface area contributed by atoms with Gasteiger partial charge in [0.1, 0.15) is 22.8 Å². The second-order valence-corrected chi connectivity index (χ2v) is 10.6. The van der Waals surface area contributed by atoms with Crippen LogP contribution in [0.2, 0.25) is 0 Å². The Morgan fingerprint density at radius 3 is 2.25 bits per heavy atom. The fourth-order valence-electron chi connectivity index (χ4n) is 3.22. The van der Waals surface area contributed by atoms with Crippen molar-refractivity contribution < 1.29 is 55.2 Å². The van der Waals surface area contributed by atoms with E-state index in [1.165, 1.54) is 12.1 Å². The zero-order valence-corrected chi connectivity index (χ0v) is 21.9. The zero-order valence-electron chi connectivity index (χ0n) is 19.2. The summed E-state index contributed by atoms with van der Waals surface area (Å²) in [5.41, 5.74) is 4.43. The number of aromatic nitrogens is 1. The molecule has 0 atom stereocenters. The quantitative estimate of drug-likeness (QED) is 0.131. The van der Waals surface area contributed by atoms with Gasteiger partial charge in [0.25, 0.3) is 11.8 Å². The molecule has 2 amide bonds. The lowest BCUT2D eigenvalue weighted by atomic mass is 10.1. The third-order valence-electron chi connectivity index (χ3n) is 4.65. The van der Waals surface area contributed by atoms with Crippen LogP contribution < -0.4 is 34.7 Å².